The van der Waals surface area contributed by atoms with E-state index in [1.807, 2.05) is 0 Å². The van der Waals surface area contributed by atoms with Crippen molar-refractivity contribution in [2.45, 2.75) is 12.8 Å². The maximum absolute atomic E-state index is 11.8. The number of carbonyl (C=O) groups excluding carboxylic acids is 2. The highest BCUT2D eigenvalue weighted by molar-refractivity contribution is 6.00. The normalized spacial score (nSPS) is 10.8. The predicted octanol–water partition coefficient (Wildman–Crippen LogP) is 1.99. The van der Waals surface area contributed by atoms with E-state index in [1.54, 1.807) is 0 Å². The first-order valence-corrected chi connectivity index (χ1v) is 7.10. The van der Waals surface area contributed by atoms with Crippen LogP contribution in [0.5, 0.6) is 23.0 Å². The molecule has 0 aromatic heterocycles. The summed E-state index contributed by atoms with van der Waals surface area (Å²) in [6.07, 6.45) is 2.26. The Morgan fingerprint density at radius 1 is 0.667 bits per heavy atom. The molecule has 0 bridgehead atoms. The lowest BCUT2D eigenvalue weighted by Crippen LogP contribution is -2.02. The average molecular weight is 328 g/mol. The molecule has 2 rings (SSSR count). The number of aromatic hydroxyl groups is 4. The quantitative estimate of drug-likeness (QED) is 0.476. The van der Waals surface area contributed by atoms with Crippen LogP contribution in [0.15, 0.2) is 48.6 Å². The van der Waals surface area contributed by atoms with E-state index in [1.165, 1.54) is 36.4 Å². The van der Waals surface area contributed by atoms with E-state index in [2.05, 4.69) is 0 Å². The van der Waals surface area contributed by atoms with Crippen LogP contribution >= 0.6 is 0 Å². The van der Waals surface area contributed by atoms with E-state index in [0.717, 1.165) is 12.2 Å². The summed E-state index contributed by atoms with van der Waals surface area (Å²) >= 11 is 0. The standard InChI is InChI=1S/C18H16O6/c19-13(7-11-1-5-15(21)17(23)9-11)3-4-14(20)8-12-2-6-16(22)18(24)10-12/h1-6,9-10,21-24H,7-8H2/b4-3-. The van der Waals surface area contributed by atoms with E-state index < -0.39 is 0 Å². The molecule has 0 amide bonds. The molecule has 6 heteroatoms. The second kappa shape index (κ2) is 7.32. The first-order chi connectivity index (χ1) is 11.3. The Balaban J connectivity index is 1.93. The highest BCUT2D eigenvalue weighted by Crippen LogP contribution is 2.26. The Morgan fingerprint density at radius 3 is 1.38 bits per heavy atom. The van der Waals surface area contributed by atoms with Crippen molar-refractivity contribution in [1.29, 1.82) is 0 Å². The Kier molecular flexibility index (Phi) is 5.21. The molecule has 0 aliphatic rings. The molecule has 124 valence electrons. The number of benzene rings is 2. The van der Waals surface area contributed by atoms with Gasteiger partial charge >= 0.3 is 0 Å². The summed E-state index contributed by atoms with van der Waals surface area (Å²) in [5.74, 6) is -1.83. The highest BCUT2D eigenvalue weighted by atomic mass is 16.3. The topological polar surface area (TPSA) is 115 Å². The average Bonchev–Trinajstić information content (AvgIpc) is 2.53. The fraction of sp³-hybridized carbons (Fsp3) is 0.111. The zero-order chi connectivity index (χ0) is 17.7. The number of phenols is 4. The number of carbonyl (C=O) groups is 2. The number of ketones is 2. The van der Waals surface area contributed by atoms with Crippen LogP contribution < -0.4 is 0 Å². The van der Waals surface area contributed by atoms with Crippen molar-refractivity contribution in [2.75, 3.05) is 0 Å². The van der Waals surface area contributed by atoms with Crippen LogP contribution in [-0.2, 0) is 22.4 Å². The van der Waals surface area contributed by atoms with Crippen LogP contribution in [0.2, 0.25) is 0 Å². The van der Waals surface area contributed by atoms with Gasteiger partial charge in [-0.2, -0.15) is 0 Å². The minimum absolute atomic E-state index is 0.0163. The van der Waals surface area contributed by atoms with Gasteiger partial charge in [0.25, 0.3) is 0 Å². The third kappa shape index (κ3) is 4.61. The predicted molar refractivity (Wildman–Crippen MR) is 86.1 cm³/mol. The molecule has 24 heavy (non-hydrogen) atoms. The minimum Gasteiger partial charge on any atom is -0.504 e. The largest absolute Gasteiger partial charge is 0.504 e. The fourth-order valence-electron chi connectivity index (χ4n) is 2.06. The van der Waals surface area contributed by atoms with Crippen LogP contribution in [0.25, 0.3) is 0 Å². The molecule has 2 aromatic carbocycles. The van der Waals surface area contributed by atoms with Gasteiger partial charge in [0.05, 0.1) is 0 Å². The van der Waals surface area contributed by atoms with Crippen LogP contribution in [0.3, 0.4) is 0 Å². The van der Waals surface area contributed by atoms with Crippen molar-refractivity contribution in [2.24, 2.45) is 0 Å². The van der Waals surface area contributed by atoms with Crippen molar-refractivity contribution in [3.05, 3.63) is 59.7 Å². The summed E-state index contributed by atoms with van der Waals surface area (Å²) in [4.78, 5) is 23.6. The Labute approximate surface area is 137 Å². The van der Waals surface area contributed by atoms with E-state index in [-0.39, 0.29) is 47.4 Å². The zero-order valence-corrected chi connectivity index (χ0v) is 12.6. The zero-order valence-electron chi connectivity index (χ0n) is 12.6. The van der Waals surface area contributed by atoms with Crippen LogP contribution in [0.4, 0.5) is 0 Å². The van der Waals surface area contributed by atoms with Crippen LogP contribution in [-0.4, -0.2) is 32.0 Å². The van der Waals surface area contributed by atoms with Crippen molar-refractivity contribution in [3.63, 3.8) is 0 Å². The summed E-state index contributed by atoms with van der Waals surface area (Å²) < 4.78 is 0. The third-order valence-corrected chi connectivity index (χ3v) is 3.29. The number of hydrogen-bond donors (Lipinski definition) is 4. The van der Waals surface area contributed by atoms with Crippen LogP contribution in [0, 0.1) is 0 Å². The molecule has 0 aliphatic heterocycles. The Bertz CT molecular complexity index is 740. The Hall–Kier alpha value is -3.28. The number of phenolic OH excluding ortho intramolecular Hbond substituents is 4. The van der Waals surface area contributed by atoms with E-state index >= 15 is 0 Å². The lowest BCUT2D eigenvalue weighted by Gasteiger charge is -2.02. The van der Waals surface area contributed by atoms with E-state index in [0.29, 0.717) is 11.1 Å². The molecule has 0 saturated carbocycles. The molecule has 4 N–H and O–H groups in total. The molecular formula is C18H16O6. The van der Waals surface area contributed by atoms with Gasteiger partial charge in [0.2, 0.25) is 0 Å². The highest BCUT2D eigenvalue weighted by Gasteiger charge is 2.07. The number of allylic oxidation sites excluding steroid dienone is 2. The first-order valence-electron chi connectivity index (χ1n) is 7.10. The first kappa shape index (κ1) is 17.1. The van der Waals surface area contributed by atoms with Gasteiger partial charge in [0.15, 0.2) is 34.6 Å². The summed E-state index contributed by atoms with van der Waals surface area (Å²) in [7, 11) is 0. The van der Waals surface area contributed by atoms with Crippen molar-refractivity contribution in [1.82, 2.24) is 0 Å². The van der Waals surface area contributed by atoms with Gasteiger partial charge in [-0.05, 0) is 47.5 Å². The molecule has 0 radical (unpaired) electrons. The molecule has 0 saturated heterocycles. The third-order valence-electron chi connectivity index (χ3n) is 3.29. The molecule has 0 fully saturated rings. The van der Waals surface area contributed by atoms with Gasteiger partial charge in [-0.3, -0.25) is 9.59 Å². The molecular weight excluding hydrogens is 312 g/mol. The molecule has 0 spiro atoms. The molecule has 0 unspecified atom stereocenters. The second-order valence-electron chi connectivity index (χ2n) is 5.27. The summed E-state index contributed by atoms with van der Waals surface area (Å²) in [6.45, 7) is 0. The monoisotopic (exact) mass is 328 g/mol. The maximum atomic E-state index is 11.8. The summed E-state index contributed by atoms with van der Waals surface area (Å²) in [5.41, 5.74) is 1.02. The van der Waals surface area contributed by atoms with Gasteiger partial charge in [-0.1, -0.05) is 12.1 Å². The van der Waals surface area contributed by atoms with Gasteiger partial charge in [-0.25, -0.2) is 0 Å². The molecule has 0 atom stereocenters. The van der Waals surface area contributed by atoms with Gasteiger partial charge < -0.3 is 20.4 Å². The lowest BCUT2D eigenvalue weighted by atomic mass is 10.1. The van der Waals surface area contributed by atoms with E-state index in [4.69, 9.17) is 0 Å². The fourth-order valence-corrected chi connectivity index (χ4v) is 2.06. The maximum Gasteiger partial charge on any atom is 0.160 e. The van der Waals surface area contributed by atoms with Gasteiger partial charge in [-0.15, -0.1) is 0 Å². The summed E-state index contributed by atoms with van der Waals surface area (Å²) in [5, 5.41) is 37.1. The minimum atomic E-state index is -0.331. The summed E-state index contributed by atoms with van der Waals surface area (Å²) in [6, 6.07) is 8.13. The van der Waals surface area contributed by atoms with Crippen molar-refractivity contribution in [3.8, 4) is 23.0 Å². The lowest BCUT2D eigenvalue weighted by molar-refractivity contribution is -0.116. The van der Waals surface area contributed by atoms with Crippen molar-refractivity contribution >= 4 is 11.6 Å². The van der Waals surface area contributed by atoms with E-state index in [9.17, 15) is 30.0 Å². The molecule has 0 heterocycles. The van der Waals surface area contributed by atoms with Crippen LogP contribution in [0.1, 0.15) is 11.1 Å². The molecule has 0 aliphatic carbocycles. The molecule has 6 nitrogen and oxygen atoms in total. The molecule has 2 aromatic rings. The SMILES string of the molecule is O=C(/C=C\C(=O)Cc1ccc(O)c(O)c1)Cc1ccc(O)c(O)c1. The van der Waals surface area contributed by atoms with Gasteiger partial charge in [0.1, 0.15) is 0 Å². The van der Waals surface area contributed by atoms with Crippen molar-refractivity contribution < 1.29 is 30.0 Å². The number of rotatable bonds is 6. The Morgan fingerprint density at radius 2 is 1.04 bits per heavy atom. The van der Waals surface area contributed by atoms with Gasteiger partial charge in [0, 0.05) is 12.8 Å². The second-order valence-corrected chi connectivity index (χ2v) is 5.27. The smallest absolute Gasteiger partial charge is 0.160 e. The number of hydrogen-bond acceptors (Lipinski definition) is 6.